The maximum atomic E-state index is 12.4. The Hall–Kier alpha value is -4.32. The van der Waals surface area contributed by atoms with E-state index in [1.54, 1.807) is 6.07 Å². The first-order valence-corrected chi connectivity index (χ1v) is 10.6. The number of hydrogen-bond donors (Lipinski definition) is 1. The molecule has 0 unspecified atom stereocenters. The molecular weight excluding hydrogens is 416 g/mol. The van der Waals surface area contributed by atoms with Gasteiger partial charge in [-0.3, -0.25) is 4.79 Å². The van der Waals surface area contributed by atoms with Crippen LogP contribution in [0.1, 0.15) is 15.9 Å². The Morgan fingerprint density at radius 3 is 2.42 bits per heavy atom. The number of ether oxygens (including phenoxy) is 2. The van der Waals surface area contributed by atoms with Crippen LogP contribution in [0.4, 0.5) is 0 Å². The Balaban J connectivity index is 1.92. The predicted molar refractivity (Wildman–Crippen MR) is 129 cm³/mol. The molecule has 0 saturated carbocycles. The van der Waals surface area contributed by atoms with E-state index < -0.39 is 11.9 Å². The van der Waals surface area contributed by atoms with Gasteiger partial charge in [0.05, 0.1) is 23.5 Å². The molecule has 0 aliphatic heterocycles. The Kier molecular flexibility index (Phi) is 5.18. The average molecular weight is 438 g/mol. The minimum Gasteiger partial charge on any atom is -0.481 e. The van der Waals surface area contributed by atoms with Crippen molar-refractivity contribution in [2.45, 2.75) is 6.54 Å². The number of benzene rings is 4. The molecule has 0 bridgehead atoms. The Morgan fingerprint density at radius 1 is 0.909 bits per heavy atom. The standard InChI is InChI=1S/C27H22N2O4/c1-32-23(30)16-33-22-14-18-10-5-6-11-19(18)26-25(22)24-20(27(28)31)12-7-13-21(24)29(26)15-17-8-3-2-4-9-17/h2-14H,15-16H2,1H3,(H2,28,31). The lowest BCUT2D eigenvalue weighted by Gasteiger charge is -2.12. The third-order valence-electron chi connectivity index (χ3n) is 5.86. The van der Waals surface area contributed by atoms with Crippen LogP contribution in [0.5, 0.6) is 5.75 Å². The minimum atomic E-state index is -0.522. The average Bonchev–Trinajstić information content (AvgIpc) is 3.17. The highest BCUT2D eigenvalue weighted by Gasteiger charge is 2.22. The SMILES string of the molecule is COC(=O)COc1cc2ccccc2c2c1c1c(C(N)=O)cccc1n2Cc1ccccc1. The maximum absolute atomic E-state index is 12.4. The lowest BCUT2D eigenvalue weighted by atomic mass is 10.0. The summed E-state index contributed by atoms with van der Waals surface area (Å²) in [6.07, 6.45) is 0. The second-order valence-electron chi connectivity index (χ2n) is 7.82. The zero-order valence-corrected chi connectivity index (χ0v) is 18.1. The van der Waals surface area contributed by atoms with Crippen LogP contribution in [0.15, 0.2) is 78.9 Å². The van der Waals surface area contributed by atoms with Gasteiger partial charge in [-0.25, -0.2) is 4.79 Å². The van der Waals surface area contributed by atoms with Gasteiger partial charge in [0.1, 0.15) is 5.75 Å². The monoisotopic (exact) mass is 438 g/mol. The lowest BCUT2D eigenvalue weighted by molar-refractivity contribution is -0.142. The van der Waals surface area contributed by atoms with Crippen molar-refractivity contribution in [3.8, 4) is 5.75 Å². The zero-order chi connectivity index (χ0) is 22.9. The molecule has 0 aliphatic rings. The van der Waals surface area contributed by atoms with Crippen LogP contribution >= 0.6 is 0 Å². The van der Waals surface area contributed by atoms with Gasteiger partial charge in [0.2, 0.25) is 5.91 Å². The fourth-order valence-corrected chi connectivity index (χ4v) is 4.42. The molecule has 1 aromatic heterocycles. The van der Waals surface area contributed by atoms with E-state index in [1.807, 2.05) is 60.7 Å². The van der Waals surface area contributed by atoms with E-state index in [4.69, 9.17) is 15.2 Å². The fraction of sp³-hybridized carbons (Fsp3) is 0.111. The molecule has 0 saturated heterocycles. The lowest BCUT2D eigenvalue weighted by Crippen LogP contribution is -2.13. The Bertz CT molecular complexity index is 1520. The quantitative estimate of drug-likeness (QED) is 0.391. The van der Waals surface area contributed by atoms with Crippen molar-refractivity contribution in [3.63, 3.8) is 0 Å². The smallest absolute Gasteiger partial charge is 0.343 e. The largest absolute Gasteiger partial charge is 0.481 e. The van der Waals surface area contributed by atoms with Crippen molar-refractivity contribution in [3.05, 3.63) is 90.0 Å². The summed E-state index contributed by atoms with van der Waals surface area (Å²) in [6, 6.07) is 25.5. The van der Waals surface area contributed by atoms with Crippen LogP contribution in [0.25, 0.3) is 32.6 Å². The van der Waals surface area contributed by atoms with E-state index in [-0.39, 0.29) is 6.61 Å². The topological polar surface area (TPSA) is 83.6 Å². The van der Waals surface area contributed by atoms with Crippen LogP contribution < -0.4 is 10.5 Å². The summed E-state index contributed by atoms with van der Waals surface area (Å²) in [4.78, 5) is 24.3. The summed E-state index contributed by atoms with van der Waals surface area (Å²) in [6.45, 7) is 0.349. The normalized spacial score (nSPS) is 11.2. The van der Waals surface area contributed by atoms with E-state index in [0.29, 0.717) is 23.2 Å². The number of methoxy groups -OCH3 is 1. The third kappa shape index (κ3) is 3.55. The highest BCUT2D eigenvalue weighted by atomic mass is 16.6. The van der Waals surface area contributed by atoms with Gasteiger partial charge in [-0.15, -0.1) is 0 Å². The minimum absolute atomic E-state index is 0.242. The van der Waals surface area contributed by atoms with E-state index in [2.05, 4.69) is 16.7 Å². The van der Waals surface area contributed by atoms with Crippen molar-refractivity contribution >= 4 is 44.5 Å². The molecule has 33 heavy (non-hydrogen) atoms. The molecule has 0 spiro atoms. The molecule has 0 aliphatic carbocycles. The summed E-state index contributed by atoms with van der Waals surface area (Å²) in [5, 5.41) is 3.43. The molecular formula is C27H22N2O4. The maximum Gasteiger partial charge on any atom is 0.343 e. The highest BCUT2D eigenvalue weighted by molar-refractivity contribution is 6.25. The number of nitrogens with zero attached hydrogens (tertiary/aromatic N) is 1. The molecule has 1 amide bonds. The van der Waals surface area contributed by atoms with Gasteiger partial charge in [0.25, 0.3) is 0 Å². The van der Waals surface area contributed by atoms with Crippen molar-refractivity contribution in [2.75, 3.05) is 13.7 Å². The summed E-state index contributed by atoms with van der Waals surface area (Å²) in [5.41, 5.74) is 9.08. The number of fused-ring (bicyclic) bond motifs is 5. The Morgan fingerprint density at radius 2 is 1.67 bits per heavy atom. The van der Waals surface area contributed by atoms with Gasteiger partial charge in [-0.2, -0.15) is 0 Å². The number of aromatic nitrogens is 1. The molecule has 4 aromatic carbocycles. The van der Waals surface area contributed by atoms with E-state index in [1.165, 1.54) is 7.11 Å². The van der Waals surface area contributed by atoms with E-state index in [9.17, 15) is 9.59 Å². The molecule has 6 heteroatoms. The van der Waals surface area contributed by atoms with E-state index >= 15 is 0 Å². The van der Waals surface area contributed by atoms with Gasteiger partial charge < -0.3 is 19.8 Å². The van der Waals surface area contributed by atoms with Crippen LogP contribution in [0.2, 0.25) is 0 Å². The number of primary amides is 1. The predicted octanol–water partition coefficient (Wildman–Crippen LogP) is 4.65. The van der Waals surface area contributed by atoms with Crippen LogP contribution in [0, 0.1) is 0 Å². The van der Waals surface area contributed by atoms with Gasteiger partial charge in [-0.05, 0) is 29.1 Å². The van der Waals surface area contributed by atoms with Crippen molar-refractivity contribution in [1.82, 2.24) is 4.57 Å². The van der Waals surface area contributed by atoms with Gasteiger partial charge in [0.15, 0.2) is 6.61 Å². The van der Waals surface area contributed by atoms with E-state index in [0.717, 1.165) is 32.8 Å². The summed E-state index contributed by atoms with van der Waals surface area (Å²) < 4.78 is 12.9. The zero-order valence-electron chi connectivity index (χ0n) is 18.1. The summed E-state index contributed by atoms with van der Waals surface area (Å²) in [5.74, 6) is -0.509. The number of rotatable bonds is 6. The second-order valence-corrected chi connectivity index (χ2v) is 7.82. The fourth-order valence-electron chi connectivity index (χ4n) is 4.42. The number of carbonyl (C=O) groups is 2. The summed E-state index contributed by atoms with van der Waals surface area (Å²) >= 11 is 0. The van der Waals surface area contributed by atoms with Crippen molar-refractivity contribution < 1.29 is 19.1 Å². The molecule has 0 atom stereocenters. The van der Waals surface area contributed by atoms with Gasteiger partial charge in [-0.1, -0.05) is 60.7 Å². The third-order valence-corrected chi connectivity index (χ3v) is 5.86. The molecule has 5 aromatic rings. The van der Waals surface area contributed by atoms with Crippen molar-refractivity contribution in [2.24, 2.45) is 5.73 Å². The van der Waals surface area contributed by atoms with Crippen LogP contribution in [0.3, 0.4) is 0 Å². The molecule has 0 fully saturated rings. The molecule has 164 valence electrons. The molecule has 6 nitrogen and oxygen atoms in total. The first-order chi connectivity index (χ1) is 16.1. The summed E-state index contributed by atoms with van der Waals surface area (Å²) in [7, 11) is 1.32. The Labute approximate surface area is 190 Å². The first-order valence-electron chi connectivity index (χ1n) is 10.6. The molecule has 5 rings (SSSR count). The number of nitrogens with two attached hydrogens (primary N) is 1. The van der Waals surface area contributed by atoms with Gasteiger partial charge >= 0.3 is 5.97 Å². The second kappa shape index (κ2) is 8.31. The molecule has 0 radical (unpaired) electrons. The highest BCUT2D eigenvalue weighted by Crippen LogP contribution is 2.42. The van der Waals surface area contributed by atoms with Gasteiger partial charge in [0, 0.05) is 22.9 Å². The van der Waals surface area contributed by atoms with Crippen LogP contribution in [-0.4, -0.2) is 30.2 Å². The number of amides is 1. The number of esters is 1. The van der Waals surface area contributed by atoms with Crippen LogP contribution in [-0.2, 0) is 16.1 Å². The number of carbonyl (C=O) groups excluding carboxylic acids is 2. The molecule has 2 N–H and O–H groups in total. The first kappa shape index (κ1) is 20.6. The molecule has 1 heterocycles. The van der Waals surface area contributed by atoms with Crippen molar-refractivity contribution in [1.29, 1.82) is 0 Å². The number of hydrogen-bond acceptors (Lipinski definition) is 4.